The smallest absolute Gasteiger partial charge is 0.0710 e. The van der Waals surface area contributed by atoms with Gasteiger partial charge in [-0.15, -0.1) is 0 Å². The highest BCUT2D eigenvalue weighted by molar-refractivity contribution is 6.36. The van der Waals surface area contributed by atoms with Gasteiger partial charge < -0.3 is 4.74 Å². The maximum atomic E-state index is 6.27. The number of rotatable bonds is 3. The molecule has 1 fully saturated rings. The standard InChI is InChI=1S/C14H15Cl2N3O/c15-11-1-2-12(13(16)7-11)14-10(8-17-18-14)9-19-3-5-20-6-4-19/h1-2,7-8H,3-6,9H2,(H,17,18). The van der Waals surface area contributed by atoms with Crippen LogP contribution in [-0.2, 0) is 11.3 Å². The number of H-pyrrole nitrogens is 1. The average molecular weight is 312 g/mol. The zero-order valence-corrected chi connectivity index (χ0v) is 12.4. The fourth-order valence-electron chi connectivity index (χ4n) is 2.36. The molecular weight excluding hydrogens is 297 g/mol. The Bertz CT molecular complexity index is 594. The van der Waals surface area contributed by atoms with Crippen LogP contribution in [0.3, 0.4) is 0 Å². The SMILES string of the molecule is Clc1ccc(-c2[nH]ncc2CN2CCOCC2)c(Cl)c1. The molecule has 1 aromatic carbocycles. The van der Waals surface area contributed by atoms with Gasteiger partial charge in [-0.25, -0.2) is 0 Å². The molecule has 1 aliphatic rings. The summed E-state index contributed by atoms with van der Waals surface area (Å²) in [5.41, 5.74) is 3.02. The van der Waals surface area contributed by atoms with E-state index in [-0.39, 0.29) is 0 Å². The molecule has 0 atom stereocenters. The molecular formula is C14H15Cl2N3O. The van der Waals surface area contributed by atoms with Crippen LogP contribution in [0.1, 0.15) is 5.56 Å². The third-order valence-electron chi connectivity index (χ3n) is 3.42. The van der Waals surface area contributed by atoms with Gasteiger partial charge in [0.1, 0.15) is 0 Å². The highest BCUT2D eigenvalue weighted by Gasteiger charge is 2.16. The van der Waals surface area contributed by atoms with E-state index in [0.29, 0.717) is 10.0 Å². The van der Waals surface area contributed by atoms with Crippen molar-refractivity contribution in [3.63, 3.8) is 0 Å². The van der Waals surface area contributed by atoms with Crippen LogP contribution in [0.2, 0.25) is 10.0 Å². The van der Waals surface area contributed by atoms with Gasteiger partial charge in [0.15, 0.2) is 0 Å². The molecule has 0 radical (unpaired) electrons. The second-order valence-corrected chi connectivity index (χ2v) is 5.63. The lowest BCUT2D eigenvalue weighted by Gasteiger charge is -2.26. The van der Waals surface area contributed by atoms with Crippen LogP contribution in [0.4, 0.5) is 0 Å². The Labute approximate surface area is 127 Å². The number of hydrogen-bond donors (Lipinski definition) is 1. The highest BCUT2D eigenvalue weighted by atomic mass is 35.5. The molecule has 2 heterocycles. The number of morpholine rings is 1. The van der Waals surface area contributed by atoms with Crippen molar-refractivity contribution in [1.82, 2.24) is 15.1 Å². The van der Waals surface area contributed by atoms with E-state index in [1.54, 1.807) is 6.07 Å². The summed E-state index contributed by atoms with van der Waals surface area (Å²) in [7, 11) is 0. The molecule has 3 rings (SSSR count). The van der Waals surface area contributed by atoms with Crippen molar-refractivity contribution in [3.05, 3.63) is 40.0 Å². The molecule has 0 unspecified atom stereocenters. The first-order valence-electron chi connectivity index (χ1n) is 6.52. The van der Waals surface area contributed by atoms with Gasteiger partial charge in [-0.2, -0.15) is 5.10 Å². The molecule has 0 spiro atoms. The first kappa shape index (κ1) is 13.9. The van der Waals surface area contributed by atoms with Crippen LogP contribution in [0.5, 0.6) is 0 Å². The van der Waals surface area contributed by atoms with E-state index in [4.69, 9.17) is 27.9 Å². The van der Waals surface area contributed by atoms with Gasteiger partial charge >= 0.3 is 0 Å². The topological polar surface area (TPSA) is 41.2 Å². The van der Waals surface area contributed by atoms with Gasteiger partial charge in [0.25, 0.3) is 0 Å². The average Bonchev–Trinajstić information content (AvgIpc) is 2.88. The summed E-state index contributed by atoms with van der Waals surface area (Å²) in [6.07, 6.45) is 1.86. The summed E-state index contributed by atoms with van der Waals surface area (Å²) in [6.45, 7) is 4.30. The first-order chi connectivity index (χ1) is 9.74. The second-order valence-electron chi connectivity index (χ2n) is 4.78. The van der Waals surface area contributed by atoms with Crippen LogP contribution < -0.4 is 0 Å². The number of aromatic nitrogens is 2. The summed E-state index contributed by atoms with van der Waals surface area (Å²) < 4.78 is 5.37. The minimum absolute atomic E-state index is 0.630. The van der Waals surface area contributed by atoms with Crippen molar-refractivity contribution in [2.75, 3.05) is 26.3 Å². The van der Waals surface area contributed by atoms with E-state index in [2.05, 4.69) is 15.1 Å². The third kappa shape index (κ3) is 2.99. The quantitative estimate of drug-likeness (QED) is 0.946. The molecule has 4 nitrogen and oxygen atoms in total. The van der Waals surface area contributed by atoms with Crippen LogP contribution in [0, 0.1) is 0 Å². The number of halogens is 2. The Balaban J connectivity index is 1.85. The molecule has 1 N–H and O–H groups in total. The fraction of sp³-hybridized carbons (Fsp3) is 0.357. The van der Waals surface area contributed by atoms with Crippen molar-refractivity contribution >= 4 is 23.2 Å². The predicted molar refractivity (Wildman–Crippen MR) is 80.1 cm³/mol. The Morgan fingerprint density at radius 3 is 2.80 bits per heavy atom. The van der Waals surface area contributed by atoms with Crippen LogP contribution >= 0.6 is 23.2 Å². The molecule has 6 heteroatoms. The first-order valence-corrected chi connectivity index (χ1v) is 7.27. The molecule has 1 aliphatic heterocycles. The van der Waals surface area contributed by atoms with Gasteiger partial charge in [0.2, 0.25) is 0 Å². The summed E-state index contributed by atoms with van der Waals surface area (Å²) in [6, 6.07) is 5.50. The minimum atomic E-state index is 0.630. The molecule has 1 aromatic heterocycles. The molecule has 0 saturated carbocycles. The van der Waals surface area contributed by atoms with Crippen molar-refractivity contribution in [3.8, 4) is 11.3 Å². The molecule has 20 heavy (non-hydrogen) atoms. The lowest BCUT2D eigenvalue weighted by molar-refractivity contribution is 0.0342. The molecule has 1 saturated heterocycles. The number of ether oxygens (including phenoxy) is 1. The summed E-state index contributed by atoms with van der Waals surface area (Å²) in [5, 5.41) is 8.45. The normalized spacial score (nSPS) is 16.5. The van der Waals surface area contributed by atoms with Crippen molar-refractivity contribution in [2.24, 2.45) is 0 Å². The van der Waals surface area contributed by atoms with Crippen LogP contribution in [0.25, 0.3) is 11.3 Å². The monoisotopic (exact) mass is 311 g/mol. The predicted octanol–water partition coefficient (Wildman–Crippen LogP) is 3.22. The van der Waals surface area contributed by atoms with E-state index >= 15 is 0 Å². The van der Waals surface area contributed by atoms with Crippen LogP contribution in [0.15, 0.2) is 24.4 Å². The highest BCUT2D eigenvalue weighted by Crippen LogP contribution is 2.31. The minimum Gasteiger partial charge on any atom is -0.379 e. The Kier molecular flexibility index (Phi) is 4.27. The number of aromatic amines is 1. The zero-order chi connectivity index (χ0) is 13.9. The lowest BCUT2D eigenvalue weighted by atomic mass is 10.1. The largest absolute Gasteiger partial charge is 0.379 e. The maximum Gasteiger partial charge on any atom is 0.0710 e. The molecule has 106 valence electrons. The van der Waals surface area contributed by atoms with Gasteiger partial charge in [-0.1, -0.05) is 23.2 Å². The fourth-order valence-corrected chi connectivity index (χ4v) is 2.86. The lowest BCUT2D eigenvalue weighted by Crippen LogP contribution is -2.35. The van der Waals surface area contributed by atoms with E-state index in [1.807, 2.05) is 18.3 Å². The molecule has 2 aromatic rings. The van der Waals surface area contributed by atoms with Gasteiger partial charge in [-0.05, 0) is 18.2 Å². The van der Waals surface area contributed by atoms with E-state index in [9.17, 15) is 0 Å². The Morgan fingerprint density at radius 2 is 2.05 bits per heavy atom. The summed E-state index contributed by atoms with van der Waals surface area (Å²) >= 11 is 12.2. The Morgan fingerprint density at radius 1 is 1.25 bits per heavy atom. The molecule has 0 bridgehead atoms. The van der Waals surface area contributed by atoms with Crippen LogP contribution in [-0.4, -0.2) is 41.4 Å². The number of hydrogen-bond acceptors (Lipinski definition) is 3. The number of benzene rings is 1. The summed E-state index contributed by atoms with van der Waals surface area (Å²) in [4.78, 5) is 2.35. The molecule has 0 amide bonds. The van der Waals surface area contributed by atoms with E-state index in [0.717, 1.165) is 49.7 Å². The van der Waals surface area contributed by atoms with E-state index < -0.39 is 0 Å². The van der Waals surface area contributed by atoms with E-state index in [1.165, 1.54) is 0 Å². The maximum absolute atomic E-state index is 6.27. The van der Waals surface area contributed by atoms with Gasteiger partial charge in [0.05, 0.1) is 30.1 Å². The van der Waals surface area contributed by atoms with Crippen molar-refractivity contribution in [1.29, 1.82) is 0 Å². The van der Waals surface area contributed by atoms with Crippen molar-refractivity contribution in [2.45, 2.75) is 6.54 Å². The number of nitrogens with one attached hydrogen (secondary N) is 1. The molecule has 0 aliphatic carbocycles. The zero-order valence-electron chi connectivity index (χ0n) is 10.9. The Hall–Kier alpha value is -1.07. The van der Waals surface area contributed by atoms with Gasteiger partial charge in [0, 0.05) is 35.8 Å². The number of nitrogens with zero attached hydrogens (tertiary/aromatic N) is 2. The van der Waals surface area contributed by atoms with Crippen molar-refractivity contribution < 1.29 is 4.74 Å². The summed E-state index contributed by atoms with van der Waals surface area (Å²) in [5.74, 6) is 0. The van der Waals surface area contributed by atoms with Gasteiger partial charge in [-0.3, -0.25) is 10.00 Å². The third-order valence-corrected chi connectivity index (χ3v) is 3.96. The second kappa shape index (κ2) is 6.14.